The third kappa shape index (κ3) is 6.85. The van der Waals surface area contributed by atoms with Crippen molar-refractivity contribution in [2.45, 2.75) is 6.42 Å². The standard InChI is InChI=1S/C15H24N2O4/c1-17(2)7-5-6-16-15(18)11-21-14-9-12(19-3)8-13(10-14)20-4/h8-10H,5-7,11H2,1-4H3,(H,16,18). The van der Waals surface area contributed by atoms with Crippen LogP contribution in [0.2, 0.25) is 0 Å². The van der Waals surface area contributed by atoms with E-state index in [1.165, 1.54) is 0 Å². The minimum atomic E-state index is -0.143. The summed E-state index contributed by atoms with van der Waals surface area (Å²) in [5.41, 5.74) is 0. The van der Waals surface area contributed by atoms with Crippen molar-refractivity contribution >= 4 is 5.91 Å². The van der Waals surface area contributed by atoms with Crippen molar-refractivity contribution in [3.8, 4) is 17.2 Å². The maximum atomic E-state index is 11.7. The number of carbonyl (C=O) groups is 1. The van der Waals surface area contributed by atoms with Crippen LogP contribution in [0.3, 0.4) is 0 Å². The lowest BCUT2D eigenvalue weighted by atomic mass is 10.3. The molecule has 1 amide bonds. The number of rotatable bonds is 9. The number of hydrogen-bond donors (Lipinski definition) is 1. The van der Waals surface area contributed by atoms with Crippen molar-refractivity contribution in [3.05, 3.63) is 18.2 Å². The Hall–Kier alpha value is -1.95. The molecule has 1 N–H and O–H groups in total. The van der Waals surface area contributed by atoms with Crippen molar-refractivity contribution in [1.82, 2.24) is 10.2 Å². The molecular weight excluding hydrogens is 272 g/mol. The highest BCUT2D eigenvalue weighted by Crippen LogP contribution is 2.27. The second kappa shape index (κ2) is 9.07. The largest absolute Gasteiger partial charge is 0.496 e. The second-order valence-corrected chi connectivity index (χ2v) is 4.84. The SMILES string of the molecule is COc1cc(OC)cc(OCC(=O)NCCCN(C)C)c1. The highest BCUT2D eigenvalue weighted by Gasteiger charge is 2.06. The first-order valence-electron chi connectivity index (χ1n) is 6.82. The Morgan fingerprint density at radius 1 is 1.10 bits per heavy atom. The minimum absolute atomic E-state index is 0.0295. The predicted octanol–water partition coefficient (Wildman–Crippen LogP) is 1.15. The van der Waals surface area contributed by atoms with Gasteiger partial charge in [0.15, 0.2) is 6.61 Å². The first-order chi connectivity index (χ1) is 10.0. The zero-order chi connectivity index (χ0) is 15.7. The van der Waals surface area contributed by atoms with Gasteiger partial charge in [0, 0.05) is 24.7 Å². The van der Waals surface area contributed by atoms with Crippen LogP contribution in [0.15, 0.2) is 18.2 Å². The number of methoxy groups -OCH3 is 2. The van der Waals surface area contributed by atoms with Gasteiger partial charge in [-0.05, 0) is 27.1 Å². The Kier molecular flexibility index (Phi) is 7.39. The van der Waals surface area contributed by atoms with Crippen LogP contribution < -0.4 is 19.5 Å². The molecule has 1 aromatic carbocycles. The van der Waals surface area contributed by atoms with E-state index in [1.54, 1.807) is 32.4 Å². The van der Waals surface area contributed by atoms with E-state index in [-0.39, 0.29) is 12.5 Å². The Balaban J connectivity index is 2.38. The molecule has 0 aliphatic carbocycles. The van der Waals surface area contributed by atoms with E-state index < -0.39 is 0 Å². The summed E-state index contributed by atoms with van der Waals surface area (Å²) in [7, 11) is 7.13. The molecule has 1 aromatic rings. The number of amides is 1. The maximum absolute atomic E-state index is 11.7. The topological polar surface area (TPSA) is 60.0 Å². The quantitative estimate of drug-likeness (QED) is 0.693. The molecule has 6 heteroatoms. The third-order valence-electron chi connectivity index (χ3n) is 2.80. The van der Waals surface area contributed by atoms with Crippen LogP contribution in [-0.2, 0) is 4.79 Å². The average molecular weight is 296 g/mol. The molecule has 0 aromatic heterocycles. The second-order valence-electron chi connectivity index (χ2n) is 4.84. The maximum Gasteiger partial charge on any atom is 0.257 e. The van der Waals surface area contributed by atoms with Crippen molar-refractivity contribution < 1.29 is 19.0 Å². The summed E-state index contributed by atoms with van der Waals surface area (Å²) in [4.78, 5) is 13.7. The predicted molar refractivity (Wildman–Crippen MR) is 81.2 cm³/mol. The lowest BCUT2D eigenvalue weighted by Gasteiger charge is -2.11. The molecular formula is C15H24N2O4. The van der Waals surface area contributed by atoms with Gasteiger partial charge < -0.3 is 24.4 Å². The van der Waals surface area contributed by atoms with Crippen LogP contribution in [-0.4, -0.2) is 58.8 Å². The van der Waals surface area contributed by atoms with Gasteiger partial charge in [-0.15, -0.1) is 0 Å². The summed E-state index contributed by atoms with van der Waals surface area (Å²) in [6.07, 6.45) is 0.908. The molecule has 0 saturated heterocycles. The fourth-order valence-electron chi connectivity index (χ4n) is 1.69. The zero-order valence-corrected chi connectivity index (χ0v) is 13.1. The number of ether oxygens (including phenoxy) is 3. The van der Waals surface area contributed by atoms with Crippen molar-refractivity contribution in [3.63, 3.8) is 0 Å². The van der Waals surface area contributed by atoms with E-state index in [0.717, 1.165) is 13.0 Å². The van der Waals surface area contributed by atoms with Crippen molar-refractivity contribution in [1.29, 1.82) is 0 Å². The van der Waals surface area contributed by atoms with Gasteiger partial charge in [-0.25, -0.2) is 0 Å². The van der Waals surface area contributed by atoms with Gasteiger partial charge in [0.1, 0.15) is 17.2 Å². The van der Waals surface area contributed by atoms with Gasteiger partial charge >= 0.3 is 0 Å². The molecule has 0 bridgehead atoms. The van der Waals surface area contributed by atoms with Crippen molar-refractivity contribution in [2.24, 2.45) is 0 Å². The van der Waals surface area contributed by atoms with Crippen LogP contribution in [0.5, 0.6) is 17.2 Å². The normalized spacial score (nSPS) is 10.3. The number of hydrogen-bond acceptors (Lipinski definition) is 5. The Morgan fingerprint density at radius 3 is 2.19 bits per heavy atom. The Morgan fingerprint density at radius 2 is 1.67 bits per heavy atom. The molecule has 21 heavy (non-hydrogen) atoms. The summed E-state index contributed by atoms with van der Waals surface area (Å²) in [6, 6.07) is 5.16. The Bertz CT molecular complexity index is 427. The molecule has 0 saturated carbocycles. The molecule has 0 aliphatic heterocycles. The van der Waals surface area contributed by atoms with Crippen molar-refractivity contribution in [2.75, 3.05) is 48.0 Å². The first kappa shape index (κ1) is 17.1. The van der Waals surface area contributed by atoms with E-state index in [4.69, 9.17) is 14.2 Å². The highest BCUT2D eigenvalue weighted by atomic mass is 16.5. The van der Waals surface area contributed by atoms with Gasteiger partial charge in [0.25, 0.3) is 5.91 Å². The van der Waals surface area contributed by atoms with Crippen LogP contribution in [0, 0.1) is 0 Å². The Labute approximate surface area is 126 Å². The van der Waals surface area contributed by atoms with E-state index >= 15 is 0 Å². The number of nitrogens with one attached hydrogen (secondary N) is 1. The summed E-state index contributed by atoms with van der Waals surface area (Å²) in [5, 5.41) is 2.81. The average Bonchev–Trinajstić information content (AvgIpc) is 2.48. The zero-order valence-electron chi connectivity index (χ0n) is 13.1. The van der Waals surface area contributed by atoms with Gasteiger partial charge in [0.05, 0.1) is 14.2 Å². The molecule has 1 rings (SSSR count). The third-order valence-corrected chi connectivity index (χ3v) is 2.80. The van der Waals surface area contributed by atoms with Gasteiger partial charge in [0.2, 0.25) is 0 Å². The molecule has 0 radical (unpaired) electrons. The molecule has 0 atom stereocenters. The van der Waals surface area contributed by atoms with Crippen LogP contribution in [0.1, 0.15) is 6.42 Å². The van der Waals surface area contributed by atoms with E-state index in [2.05, 4.69) is 10.2 Å². The number of carbonyl (C=O) groups excluding carboxylic acids is 1. The first-order valence-corrected chi connectivity index (χ1v) is 6.82. The molecule has 0 aliphatic rings. The molecule has 0 spiro atoms. The molecule has 118 valence electrons. The summed E-state index contributed by atoms with van der Waals surface area (Å²) in [6.45, 7) is 1.55. The smallest absolute Gasteiger partial charge is 0.257 e. The van der Waals surface area contributed by atoms with Gasteiger partial charge in [-0.1, -0.05) is 0 Å². The van der Waals surface area contributed by atoms with Gasteiger partial charge in [-0.2, -0.15) is 0 Å². The fourth-order valence-corrected chi connectivity index (χ4v) is 1.69. The van der Waals surface area contributed by atoms with E-state index in [0.29, 0.717) is 23.8 Å². The molecule has 6 nitrogen and oxygen atoms in total. The highest BCUT2D eigenvalue weighted by molar-refractivity contribution is 5.77. The van der Waals surface area contributed by atoms with E-state index in [9.17, 15) is 4.79 Å². The molecule has 0 fully saturated rings. The molecule has 0 heterocycles. The van der Waals surface area contributed by atoms with Crippen LogP contribution >= 0.6 is 0 Å². The summed E-state index contributed by atoms with van der Waals surface area (Å²) in [5.74, 6) is 1.64. The van der Waals surface area contributed by atoms with Crippen LogP contribution in [0.25, 0.3) is 0 Å². The summed E-state index contributed by atoms with van der Waals surface area (Å²) >= 11 is 0. The lowest BCUT2D eigenvalue weighted by molar-refractivity contribution is -0.123. The van der Waals surface area contributed by atoms with Gasteiger partial charge in [-0.3, -0.25) is 4.79 Å². The lowest BCUT2D eigenvalue weighted by Crippen LogP contribution is -2.31. The minimum Gasteiger partial charge on any atom is -0.496 e. The number of benzene rings is 1. The fraction of sp³-hybridized carbons (Fsp3) is 0.533. The number of nitrogens with zero attached hydrogens (tertiary/aromatic N) is 1. The summed E-state index contributed by atoms with van der Waals surface area (Å²) < 4.78 is 15.7. The van der Waals surface area contributed by atoms with Crippen LogP contribution in [0.4, 0.5) is 0 Å². The van der Waals surface area contributed by atoms with E-state index in [1.807, 2.05) is 14.1 Å². The monoisotopic (exact) mass is 296 g/mol. The molecule has 0 unspecified atom stereocenters.